The molecular weight excluding hydrogens is 464 g/mol. The molecule has 0 N–H and O–H groups in total. The Morgan fingerprint density at radius 3 is 2.17 bits per heavy atom. The zero-order valence-corrected chi connectivity index (χ0v) is 19.1. The quantitative estimate of drug-likeness (QED) is 0.0859. The summed E-state index contributed by atoms with van der Waals surface area (Å²) in [5.74, 6) is -1.85. The summed E-state index contributed by atoms with van der Waals surface area (Å²) < 4.78 is 20.8. The maximum absolute atomic E-state index is 12.0. The number of nitro benzene ring substituents is 2. The molecule has 0 unspecified atom stereocenters. The van der Waals surface area contributed by atoms with Gasteiger partial charge in [-0.3, -0.25) is 20.2 Å². The summed E-state index contributed by atoms with van der Waals surface area (Å²) in [5.41, 5.74) is -0.671. The summed E-state index contributed by atoms with van der Waals surface area (Å²) in [6, 6.07) is 5.99. The van der Waals surface area contributed by atoms with Gasteiger partial charge in [0.2, 0.25) is 5.75 Å². The zero-order valence-electron chi connectivity index (χ0n) is 19.1. The smallest absolute Gasteiger partial charge is 0.345 e. The van der Waals surface area contributed by atoms with E-state index in [1.54, 1.807) is 13.0 Å². The second kappa shape index (κ2) is 11.9. The lowest BCUT2D eigenvalue weighted by Gasteiger charge is -2.17. The highest BCUT2D eigenvalue weighted by molar-refractivity contribution is 6.17. The molecule has 0 aliphatic heterocycles. The number of hydrogen-bond donors (Lipinski definition) is 0. The lowest BCUT2D eigenvalue weighted by Crippen LogP contribution is -2.15. The Balaban J connectivity index is 2.71. The Hall–Kier alpha value is -4.74. The third-order valence-corrected chi connectivity index (χ3v) is 4.50. The summed E-state index contributed by atoms with van der Waals surface area (Å²) in [5, 5.41) is 22.6. The summed E-state index contributed by atoms with van der Waals surface area (Å²) in [7, 11) is 2.23. The van der Waals surface area contributed by atoms with Crippen molar-refractivity contribution >= 4 is 29.4 Å². The Kier molecular flexibility index (Phi) is 9.04. The topological polar surface area (TPSA) is 157 Å². The molecule has 0 atom stereocenters. The number of esters is 2. The average molecular weight is 486 g/mol. The number of rotatable bonds is 11. The van der Waals surface area contributed by atoms with Crippen molar-refractivity contribution in [3.8, 4) is 17.2 Å². The van der Waals surface area contributed by atoms with E-state index >= 15 is 0 Å². The third kappa shape index (κ3) is 6.41. The van der Waals surface area contributed by atoms with E-state index in [0.717, 1.165) is 32.4 Å². The first kappa shape index (κ1) is 26.5. The second-order valence-electron chi connectivity index (χ2n) is 6.74. The van der Waals surface area contributed by atoms with Gasteiger partial charge in [-0.05, 0) is 43.2 Å². The van der Waals surface area contributed by atoms with Crippen molar-refractivity contribution < 1.29 is 38.4 Å². The number of allylic oxidation sites excluding steroid dienone is 1. The SMILES string of the molecule is C=CCc1cc(C=C(C(=O)OC)C(=O)OC)cc(OCC)c1Oc1ccc([N+](=O)[O-])cc1[N+](=O)[O-]. The molecule has 0 aromatic heterocycles. The van der Waals surface area contributed by atoms with Crippen LogP contribution in [0.2, 0.25) is 0 Å². The number of non-ortho nitro benzene ring substituents is 1. The molecule has 184 valence electrons. The van der Waals surface area contributed by atoms with Crippen LogP contribution in [-0.2, 0) is 25.5 Å². The van der Waals surface area contributed by atoms with Gasteiger partial charge in [0.05, 0.1) is 36.7 Å². The van der Waals surface area contributed by atoms with Gasteiger partial charge in [0.15, 0.2) is 11.5 Å². The van der Waals surface area contributed by atoms with Crippen LogP contribution in [-0.4, -0.2) is 42.6 Å². The van der Waals surface area contributed by atoms with Crippen molar-refractivity contribution in [2.24, 2.45) is 0 Å². The minimum atomic E-state index is -0.915. The van der Waals surface area contributed by atoms with Crippen LogP contribution in [0.25, 0.3) is 6.08 Å². The standard InChI is InChI=1S/C23H22N2O10/c1-5-7-15-10-14(11-17(22(26)32-3)23(27)33-4)12-20(34-6-2)21(15)35-19-9-8-16(24(28)29)13-18(19)25(30)31/h5,8-13H,1,6-7H2,2-4H3. The molecule has 0 saturated heterocycles. The van der Waals surface area contributed by atoms with E-state index in [4.69, 9.17) is 9.47 Å². The fraction of sp³-hybridized carbons (Fsp3) is 0.217. The van der Waals surface area contributed by atoms with Crippen molar-refractivity contribution in [3.05, 3.63) is 79.9 Å². The largest absolute Gasteiger partial charge is 0.490 e. The Morgan fingerprint density at radius 1 is 1.00 bits per heavy atom. The molecule has 0 fully saturated rings. The van der Waals surface area contributed by atoms with Crippen molar-refractivity contribution in [2.45, 2.75) is 13.3 Å². The molecule has 2 rings (SSSR count). The minimum Gasteiger partial charge on any atom is -0.490 e. The molecule has 0 radical (unpaired) electrons. The maximum Gasteiger partial charge on any atom is 0.345 e. The van der Waals surface area contributed by atoms with Crippen LogP contribution < -0.4 is 9.47 Å². The first-order valence-electron chi connectivity index (χ1n) is 10.1. The third-order valence-electron chi connectivity index (χ3n) is 4.50. The maximum atomic E-state index is 12.0. The van der Waals surface area contributed by atoms with Crippen LogP contribution in [0.5, 0.6) is 17.2 Å². The Labute approximate surface area is 199 Å². The highest BCUT2D eigenvalue weighted by Gasteiger charge is 2.25. The second-order valence-corrected chi connectivity index (χ2v) is 6.74. The number of hydrogen-bond acceptors (Lipinski definition) is 10. The number of ether oxygens (including phenoxy) is 4. The van der Waals surface area contributed by atoms with E-state index in [1.165, 1.54) is 18.2 Å². The number of nitrogens with zero attached hydrogens (tertiary/aromatic N) is 2. The number of methoxy groups -OCH3 is 2. The van der Waals surface area contributed by atoms with Crippen molar-refractivity contribution in [2.75, 3.05) is 20.8 Å². The van der Waals surface area contributed by atoms with E-state index in [0.29, 0.717) is 11.1 Å². The molecule has 12 heteroatoms. The average Bonchev–Trinajstić information content (AvgIpc) is 2.83. The minimum absolute atomic E-state index is 0.0959. The van der Waals surface area contributed by atoms with E-state index in [-0.39, 0.29) is 35.8 Å². The molecule has 0 bridgehead atoms. The van der Waals surface area contributed by atoms with Crippen LogP contribution in [0.4, 0.5) is 11.4 Å². The molecule has 35 heavy (non-hydrogen) atoms. The van der Waals surface area contributed by atoms with Gasteiger partial charge < -0.3 is 18.9 Å². The lowest BCUT2D eigenvalue weighted by molar-refractivity contribution is -0.394. The molecule has 0 saturated carbocycles. The first-order chi connectivity index (χ1) is 16.7. The molecule has 0 amide bonds. The van der Waals surface area contributed by atoms with Gasteiger partial charge >= 0.3 is 17.6 Å². The van der Waals surface area contributed by atoms with Gasteiger partial charge in [-0.25, -0.2) is 9.59 Å². The number of nitro groups is 2. The molecule has 0 aliphatic rings. The predicted molar refractivity (Wildman–Crippen MR) is 123 cm³/mol. The summed E-state index contributed by atoms with van der Waals surface area (Å²) in [6.45, 7) is 5.56. The fourth-order valence-corrected chi connectivity index (χ4v) is 3.00. The molecule has 2 aromatic carbocycles. The van der Waals surface area contributed by atoms with Crippen LogP contribution in [0, 0.1) is 20.2 Å². The van der Waals surface area contributed by atoms with E-state index in [1.807, 2.05) is 0 Å². The number of carbonyl (C=O) groups is 2. The molecule has 0 heterocycles. The van der Waals surface area contributed by atoms with Gasteiger partial charge in [-0.1, -0.05) is 6.08 Å². The van der Waals surface area contributed by atoms with E-state index < -0.39 is 33.2 Å². The van der Waals surface area contributed by atoms with Crippen molar-refractivity contribution in [1.29, 1.82) is 0 Å². The molecule has 2 aromatic rings. The number of benzene rings is 2. The van der Waals surface area contributed by atoms with Gasteiger partial charge in [0.25, 0.3) is 5.69 Å². The highest BCUT2D eigenvalue weighted by Crippen LogP contribution is 2.41. The Morgan fingerprint density at radius 2 is 1.66 bits per heavy atom. The highest BCUT2D eigenvalue weighted by atomic mass is 16.6. The normalized spacial score (nSPS) is 10.0. The molecule has 12 nitrogen and oxygen atoms in total. The fourth-order valence-electron chi connectivity index (χ4n) is 3.00. The van der Waals surface area contributed by atoms with Gasteiger partial charge in [0, 0.05) is 11.6 Å². The van der Waals surface area contributed by atoms with Crippen molar-refractivity contribution in [1.82, 2.24) is 0 Å². The van der Waals surface area contributed by atoms with Crippen LogP contribution in [0.15, 0.2) is 48.6 Å². The van der Waals surface area contributed by atoms with E-state index in [2.05, 4.69) is 16.1 Å². The number of carbonyl (C=O) groups excluding carboxylic acids is 2. The first-order valence-corrected chi connectivity index (χ1v) is 10.1. The molecule has 0 spiro atoms. The van der Waals surface area contributed by atoms with Crippen LogP contribution in [0.3, 0.4) is 0 Å². The monoisotopic (exact) mass is 486 g/mol. The van der Waals surface area contributed by atoms with Crippen LogP contribution >= 0.6 is 0 Å². The molecular formula is C23H22N2O10. The van der Waals surface area contributed by atoms with E-state index in [9.17, 15) is 29.8 Å². The summed E-state index contributed by atoms with van der Waals surface area (Å²) in [4.78, 5) is 45.1. The lowest BCUT2D eigenvalue weighted by atomic mass is 10.0. The van der Waals surface area contributed by atoms with Gasteiger partial charge in [-0.15, -0.1) is 6.58 Å². The van der Waals surface area contributed by atoms with Crippen molar-refractivity contribution in [3.63, 3.8) is 0 Å². The summed E-state index contributed by atoms with van der Waals surface area (Å²) in [6.07, 6.45) is 2.99. The summed E-state index contributed by atoms with van der Waals surface area (Å²) >= 11 is 0. The van der Waals surface area contributed by atoms with Crippen LogP contribution in [0.1, 0.15) is 18.1 Å². The Bertz CT molecular complexity index is 1190. The van der Waals surface area contributed by atoms with Gasteiger partial charge in [-0.2, -0.15) is 0 Å². The predicted octanol–water partition coefficient (Wildman–Crippen LogP) is 4.15. The molecule has 0 aliphatic carbocycles. The zero-order chi connectivity index (χ0) is 26.1. The van der Waals surface area contributed by atoms with Gasteiger partial charge in [0.1, 0.15) is 5.57 Å².